The standard InChI is InChI=1S/C33H39BrN2O4/c1-39-30-18-16-25(22-31(30)40-2)17-19-32(37)36(23-26-12-9-13-27(34)20-26)29(21-24-10-5-3-6-11-24)33(38)35-28-14-7-4-8-15-28/h3,5-6,9-13,16,18,20,22,28-29H,4,7-8,14-15,17,19,21,23H2,1-2H3,(H,35,38)/t29-/m1/s1. The molecule has 1 N–H and O–H groups in total. The first-order valence-electron chi connectivity index (χ1n) is 14.1. The predicted octanol–water partition coefficient (Wildman–Crippen LogP) is 6.49. The van der Waals surface area contributed by atoms with Crippen molar-refractivity contribution in [3.63, 3.8) is 0 Å². The second-order valence-electron chi connectivity index (χ2n) is 10.4. The number of methoxy groups -OCH3 is 2. The normalized spacial score (nSPS) is 14.3. The summed E-state index contributed by atoms with van der Waals surface area (Å²) in [6.07, 6.45) is 6.69. The Morgan fingerprint density at radius 2 is 1.60 bits per heavy atom. The maximum Gasteiger partial charge on any atom is 0.243 e. The molecule has 1 fully saturated rings. The second-order valence-corrected chi connectivity index (χ2v) is 11.3. The summed E-state index contributed by atoms with van der Waals surface area (Å²) in [5.41, 5.74) is 2.97. The van der Waals surface area contributed by atoms with Gasteiger partial charge < -0.3 is 19.7 Å². The number of benzene rings is 3. The maximum absolute atomic E-state index is 14.0. The molecule has 0 spiro atoms. The van der Waals surface area contributed by atoms with Gasteiger partial charge in [-0.3, -0.25) is 9.59 Å². The quantitative estimate of drug-likeness (QED) is 0.256. The monoisotopic (exact) mass is 606 g/mol. The number of carbonyl (C=O) groups is 2. The Morgan fingerprint density at radius 3 is 2.30 bits per heavy atom. The SMILES string of the molecule is COc1ccc(CCC(=O)N(Cc2cccc(Br)c2)[C@H](Cc2ccccc2)C(=O)NC2CCCCC2)cc1OC. The maximum atomic E-state index is 14.0. The van der Waals surface area contributed by atoms with Crippen LogP contribution in [0.2, 0.25) is 0 Å². The molecule has 3 aromatic rings. The van der Waals surface area contributed by atoms with Crippen LogP contribution in [0, 0.1) is 0 Å². The van der Waals surface area contributed by atoms with Crippen molar-refractivity contribution in [2.75, 3.05) is 14.2 Å². The number of halogens is 1. The Balaban J connectivity index is 1.61. The van der Waals surface area contributed by atoms with Gasteiger partial charge in [0, 0.05) is 29.9 Å². The summed E-state index contributed by atoms with van der Waals surface area (Å²) in [4.78, 5) is 29.7. The molecule has 1 atom stereocenters. The van der Waals surface area contributed by atoms with Crippen LogP contribution < -0.4 is 14.8 Å². The highest BCUT2D eigenvalue weighted by Gasteiger charge is 2.31. The number of aryl methyl sites for hydroxylation is 1. The van der Waals surface area contributed by atoms with Crippen LogP contribution in [0.25, 0.3) is 0 Å². The van der Waals surface area contributed by atoms with Gasteiger partial charge in [-0.25, -0.2) is 0 Å². The third-order valence-electron chi connectivity index (χ3n) is 7.54. The van der Waals surface area contributed by atoms with Gasteiger partial charge in [-0.15, -0.1) is 0 Å². The molecule has 212 valence electrons. The van der Waals surface area contributed by atoms with Gasteiger partial charge in [0.05, 0.1) is 14.2 Å². The van der Waals surface area contributed by atoms with Crippen molar-refractivity contribution in [1.29, 1.82) is 0 Å². The summed E-state index contributed by atoms with van der Waals surface area (Å²) in [6.45, 7) is 0.347. The zero-order valence-corrected chi connectivity index (χ0v) is 25.0. The molecule has 0 heterocycles. The Hall–Kier alpha value is -3.32. The van der Waals surface area contributed by atoms with Crippen molar-refractivity contribution in [2.24, 2.45) is 0 Å². The molecule has 3 aromatic carbocycles. The average Bonchev–Trinajstić information content (AvgIpc) is 2.98. The Morgan fingerprint density at radius 1 is 0.875 bits per heavy atom. The predicted molar refractivity (Wildman–Crippen MR) is 162 cm³/mol. The molecule has 0 radical (unpaired) electrons. The summed E-state index contributed by atoms with van der Waals surface area (Å²) >= 11 is 3.56. The Kier molecular flexibility index (Phi) is 11.0. The van der Waals surface area contributed by atoms with Gasteiger partial charge in [-0.2, -0.15) is 0 Å². The van der Waals surface area contributed by atoms with Gasteiger partial charge in [-0.05, 0) is 60.2 Å². The smallest absolute Gasteiger partial charge is 0.243 e. The van der Waals surface area contributed by atoms with Crippen molar-refractivity contribution in [3.8, 4) is 11.5 Å². The van der Waals surface area contributed by atoms with Gasteiger partial charge in [0.2, 0.25) is 11.8 Å². The van der Waals surface area contributed by atoms with Gasteiger partial charge in [-0.1, -0.05) is 83.7 Å². The highest BCUT2D eigenvalue weighted by atomic mass is 79.9. The molecule has 1 aliphatic carbocycles. The minimum absolute atomic E-state index is 0.0607. The molecule has 7 heteroatoms. The molecule has 0 unspecified atom stereocenters. The fourth-order valence-corrected chi connectivity index (χ4v) is 5.81. The second kappa shape index (κ2) is 14.9. The highest BCUT2D eigenvalue weighted by Crippen LogP contribution is 2.28. The van der Waals surface area contributed by atoms with Gasteiger partial charge in [0.25, 0.3) is 0 Å². The third kappa shape index (κ3) is 8.34. The molecule has 2 amide bonds. The van der Waals surface area contributed by atoms with Crippen molar-refractivity contribution in [2.45, 2.75) is 70.0 Å². The number of amides is 2. The molecule has 4 rings (SSSR count). The summed E-state index contributed by atoms with van der Waals surface area (Å²) in [5.74, 6) is 1.14. The number of nitrogens with zero attached hydrogens (tertiary/aromatic N) is 1. The minimum atomic E-state index is -0.624. The Labute approximate surface area is 246 Å². The van der Waals surface area contributed by atoms with Gasteiger partial charge in [0.1, 0.15) is 6.04 Å². The fraction of sp³-hybridized carbons (Fsp3) is 0.394. The van der Waals surface area contributed by atoms with E-state index in [0.29, 0.717) is 30.9 Å². The molecule has 0 bridgehead atoms. The van der Waals surface area contributed by atoms with E-state index in [0.717, 1.165) is 46.8 Å². The first kappa shape index (κ1) is 29.7. The topological polar surface area (TPSA) is 67.9 Å². The van der Waals surface area contributed by atoms with E-state index in [1.54, 1.807) is 19.1 Å². The molecular formula is C33H39BrN2O4. The van der Waals surface area contributed by atoms with Crippen LogP contribution in [-0.4, -0.2) is 43.0 Å². The van der Waals surface area contributed by atoms with E-state index in [9.17, 15) is 9.59 Å². The zero-order valence-electron chi connectivity index (χ0n) is 23.4. The molecule has 40 heavy (non-hydrogen) atoms. The summed E-state index contributed by atoms with van der Waals surface area (Å²) in [6, 6.07) is 23.1. The summed E-state index contributed by atoms with van der Waals surface area (Å²) in [5, 5.41) is 3.30. The molecule has 1 saturated carbocycles. The minimum Gasteiger partial charge on any atom is -0.493 e. The number of hydrogen-bond acceptors (Lipinski definition) is 4. The molecule has 1 aliphatic rings. The molecule has 6 nitrogen and oxygen atoms in total. The van der Waals surface area contributed by atoms with E-state index in [-0.39, 0.29) is 24.3 Å². The van der Waals surface area contributed by atoms with Crippen LogP contribution in [0.4, 0.5) is 0 Å². The van der Waals surface area contributed by atoms with Gasteiger partial charge in [0.15, 0.2) is 11.5 Å². The lowest BCUT2D eigenvalue weighted by atomic mass is 9.94. The number of nitrogens with one attached hydrogen (secondary N) is 1. The first-order valence-corrected chi connectivity index (χ1v) is 14.8. The van der Waals surface area contributed by atoms with E-state index in [2.05, 4.69) is 21.2 Å². The number of rotatable bonds is 12. The summed E-state index contributed by atoms with van der Waals surface area (Å²) < 4.78 is 11.8. The molecule has 0 aliphatic heterocycles. The van der Waals surface area contributed by atoms with Crippen molar-refractivity contribution < 1.29 is 19.1 Å². The Bertz CT molecular complexity index is 1260. The van der Waals surface area contributed by atoms with Crippen LogP contribution in [0.5, 0.6) is 11.5 Å². The van der Waals surface area contributed by atoms with Crippen molar-refractivity contribution in [3.05, 3.63) is 94.0 Å². The van der Waals surface area contributed by atoms with Crippen molar-refractivity contribution >= 4 is 27.7 Å². The fourth-order valence-electron chi connectivity index (χ4n) is 5.36. The number of carbonyl (C=O) groups excluding carboxylic acids is 2. The van der Waals surface area contributed by atoms with Crippen LogP contribution in [0.3, 0.4) is 0 Å². The largest absolute Gasteiger partial charge is 0.493 e. The molecule has 0 saturated heterocycles. The zero-order chi connectivity index (χ0) is 28.3. The van der Waals surface area contributed by atoms with Gasteiger partial charge >= 0.3 is 0 Å². The lowest BCUT2D eigenvalue weighted by Gasteiger charge is -2.33. The number of ether oxygens (including phenoxy) is 2. The van der Waals surface area contributed by atoms with Crippen molar-refractivity contribution in [1.82, 2.24) is 10.2 Å². The highest BCUT2D eigenvalue weighted by molar-refractivity contribution is 9.10. The van der Waals surface area contributed by atoms with E-state index in [1.807, 2.05) is 72.8 Å². The van der Waals surface area contributed by atoms with Crippen LogP contribution in [-0.2, 0) is 29.0 Å². The molecule has 0 aromatic heterocycles. The average molecular weight is 608 g/mol. The van der Waals surface area contributed by atoms with Crippen LogP contribution in [0.1, 0.15) is 55.2 Å². The van der Waals surface area contributed by atoms with Crippen LogP contribution >= 0.6 is 15.9 Å². The van der Waals surface area contributed by atoms with E-state index in [4.69, 9.17) is 9.47 Å². The lowest BCUT2D eigenvalue weighted by molar-refractivity contribution is -0.141. The lowest BCUT2D eigenvalue weighted by Crippen LogP contribution is -2.52. The van der Waals surface area contributed by atoms with Crippen LogP contribution in [0.15, 0.2) is 77.3 Å². The molecular weight excluding hydrogens is 568 g/mol. The van der Waals surface area contributed by atoms with E-state index < -0.39 is 6.04 Å². The summed E-state index contributed by atoms with van der Waals surface area (Å²) in [7, 11) is 3.21. The number of hydrogen-bond donors (Lipinski definition) is 1. The van der Waals surface area contributed by atoms with E-state index in [1.165, 1.54) is 6.42 Å². The van der Waals surface area contributed by atoms with E-state index >= 15 is 0 Å². The third-order valence-corrected chi connectivity index (χ3v) is 8.03. The first-order chi connectivity index (χ1) is 19.5.